The number of halogens is 2. The van der Waals surface area contributed by atoms with Gasteiger partial charge in [-0.2, -0.15) is 0 Å². The van der Waals surface area contributed by atoms with Crippen LogP contribution in [0.2, 0.25) is 5.15 Å². The molecule has 0 aliphatic rings. The normalized spacial score (nSPS) is 10.6. The summed E-state index contributed by atoms with van der Waals surface area (Å²) in [6.07, 6.45) is 1.50. The van der Waals surface area contributed by atoms with Crippen LogP contribution >= 0.6 is 50.2 Å². The minimum Gasteiger partial charge on any atom is -0.319 e. The first-order valence-electron chi connectivity index (χ1n) is 5.74. The summed E-state index contributed by atoms with van der Waals surface area (Å²) < 4.78 is 1.01. The van der Waals surface area contributed by atoms with Gasteiger partial charge in [-0.3, -0.25) is 4.79 Å². The third-order valence-electron chi connectivity index (χ3n) is 2.50. The maximum Gasteiger partial charge on any atom is 0.275 e. The number of pyridine rings is 1. The molecule has 1 N–H and O–H groups in total. The second-order valence-corrected chi connectivity index (χ2v) is 7.06. The monoisotopic (exact) mass is 399 g/mol. The van der Waals surface area contributed by atoms with E-state index in [1.54, 1.807) is 28.8 Å². The predicted octanol–water partition coefficient (Wildman–Crippen LogP) is 4.93. The Bertz CT molecular complexity index is 785. The Balaban J connectivity index is 1.76. The summed E-state index contributed by atoms with van der Waals surface area (Å²) in [5, 5.41) is 7.66. The molecule has 106 valence electrons. The van der Waals surface area contributed by atoms with E-state index in [2.05, 4.69) is 31.2 Å². The van der Waals surface area contributed by atoms with Gasteiger partial charge in [-0.15, -0.1) is 22.7 Å². The van der Waals surface area contributed by atoms with Crippen LogP contribution in [0.15, 0.2) is 39.6 Å². The van der Waals surface area contributed by atoms with Crippen LogP contribution in [0.3, 0.4) is 0 Å². The number of carbonyl (C=O) groups excluding carboxylic acids is 1. The molecule has 4 nitrogen and oxygen atoms in total. The maximum absolute atomic E-state index is 12.1. The number of hydrogen-bond donors (Lipinski definition) is 1. The molecular weight excluding hydrogens is 394 g/mol. The van der Waals surface area contributed by atoms with Gasteiger partial charge in [0.2, 0.25) is 0 Å². The zero-order valence-electron chi connectivity index (χ0n) is 10.3. The van der Waals surface area contributed by atoms with Crippen LogP contribution in [0.25, 0.3) is 9.88 Å². The quantitative estimate of drug-likeness (QED) is 0.634. The lowest BCUT2D eigenvalue weighted by Gasteiger charge is -2.01. The molecule has 0 saturated heterocycles. The van der Waals surface area contributed by atoms with E-state index in [-0.39, 0.29) is 5.91 Å². The Hall–Kier alpha value is -1.28. The summed E-state index contributed by atoms with van der Waals surface area (Å²) in [5.74, 6) is -0.266. The highest BCUT2D eigenvalue weighted by molar-refractivity contribution is 9.10. The van der Waals surface area contributed by atoms with Crippen molar-refractivity contribution in [1.82, 2.24) is 9.97 Å². The summed E-state index contributed by atoms with van der Waals surface area (Å²) in [6.45, 7) is 0. The van der Waals surface area contributed by atoms with Crippen LogP contribution in [0.4, 0.5) is 5.69 Å². The van der Waals surface area contributed by atoms with Gasteiger partial charge in [-0.1, -0.05) is 11.6 Å². The Labute approximate surface area is 142 Å². The minimum atomic E-state index is -0.266. The zero-order chi connectivity index (χ0) is 14.8. The first-order chi connectivity index (χ1) is 10.1. The SMILES string of the molecule is O=C(Nc1ccc(Cl)nc1)c1csc(-c2cc(Br)cs2)n1. The number of nitrogens with zero attached hydrogens (tertiary/aromatic N) is 2. The number of hydrogen-bond acceptors (Lipinski definition) is 5. The molecule has 3 rings (SSSR count). The number of aromatic nitrogens is 2. The number of amides is 1. The van der Waals surface area contributed by atoms with Gasteiger partial charge in [0.25, 0.3) is 5.91 Å². The smallest absolute Gasteiger partial charge is 0.275 e. The van der Waals surface area contributed by atoms with Gasteiger partial charge in [0.1, 0.15) is 15.9 Å². The summed E-state index contributed by atoms with van der Waals surface area (Å²) in [7, 11) is 0. The lowest BCUT2D eigenvalue weighted by Crippen LogP contribution is -2.12. The van der Waals surface area contributed by atoms with Crippen molar-refractivity contribution in [2.45, 2.75) is 0 Å². The van der Waals surface area contributed by atoms with E-state index in [9.17, 15) is 4.79 Å². The largest absolute Gasteiger partial charge is 0.319 e. The van der Waals surface area contributed by atoms with Crippen molar-refractivity contribution in [2.75, 3.05) is 5.32 Å². The van der Waals surface area contributed by atoms with Crippen molar-refractivity contribution >= 4 is 61.8 Å². The molecule has 0 spiro atoms. The molecule has 8 heteroatoms. The van der Waals surface area contributed by atoms with Crippen molar-refractivity contribution in [3.63, 3.8) is 0 Å². The average molecular weight is 401 g/mol. The van der Waals surface area contributed by atoms with E-state index < -0.39 is 0 Å². The highest BCUT2D eigenvalue weighted by Gasteiger charge is 2.13. The maximum atomic E-state index is 12.1. The van der Waals surface area contributed by atoms with Crippen LogP contribution in [-0.2, 0) is 0 Å². The molecule has 3 heterocycles. The lowest BCUT2D eigenvalue weighted by atomic mass is 10.4. The van der Waals surface area contributed by atoms with Crippen LogP contribution < -0.4 is 5.32 Å². The topological polar surface area (TPSA) is 54.9 Å². The van der Waals surface area contributed by atoms with Crippen molar-refractivity contribution in [2.24, 2.45) is 0 Å². The molecule has 0 bridgehead atoms. The molecule has 21 heavy (non-hydrogen) atoms. The van der Waals surface area contributed by atoms with Gasteiger partial charge >= 0.3 is 0 Å². The molecule has 1 amide bonds. The van der Waals surface area contributed by atoms with Crippen molar-refractivity contribution in [3.05, 3.63) is 50.5 Å². The molecule has 3 aromatic rings. The summed E-state index contributed by atoms with van der Waals surface area (Å²) in [5.41, 5.74) is 0.965. The molecule has 0 aliphatic carbocycles. The summed E-state index contributed by atoms with van der Waals surface area (Å²) in [4.78, 5) is 21.4. The Morgan fingerprint density at radius 2 is 2.14 bits per heavy atom. The Morgan fingerprint density at radius 1 is 1.29 bits per heavy atom. The highest BCUT2D eigenvalue weighted by Crippen LogP contribution is 2.32. The number of thiophene rings is 1. The molecular formula is C13H7BrClN3OS2. The fourth-order valence-electron chi connectivity index (χ4n) is 1.56. The van der Waals surface area contributed by atoms with Crippen molar-refractivity contribution in [1.29, 1.82) is 0 Å². The van der Waals surface area contributed by atoms with Crippen LogP contribution in [0.1, 0.15) is 10.5 Å². The lowest BCUT2D eigenvalue weighted by molar-refractivity contribution is 0.102. The molecule has 0 atom stereocenters. The number of carbonyl (C=O) groups is 1. The molecule has 0 fully saturated rings. The molecule has 0 saturated carbocycles. The van der Waals surface area contributed by atoms with Crippen LogP contribution in [0, 0.1) is 0 Å². The van der Waals surface area contributed by atoms with Crippen LogP contribution in [-0.4, -0.2) is 15.9 Å². The summed E-state index contributed by atoms with van der Waals surface area (Å²) >= 11 is 12.1. The number of rotatable bonds is 3. The third-order valence-corrected chi connectivity index (χ3v) is 5.43. The second-order valence-electron chi connectivity index (χ2n) is 3.99. The van der Waals surface area contributed by atoms with Crippen LogP contribution in [0.5, 0.6) is 0 Å². The average Bonchev–Trinajstić information content (AvgIpc) is 3.10. The van der Waals surface area contributed by atoms with Crippen molar-refractivity contribution in [3.8, 4) is 9.88 Å². The Morgan fingerprint density at radius 3 is 2.81 bits per heavy atom. The van der Waals surface area contributed by atoms with E-state index in [4.69, 9.17) is 11.6 Å². The molecule has 3 aromatic heterocycles. The fourth-order valence-corrected chi connectivity index (χ4v) is 3.98. The number of anilines is 1. The third kappa shape index (κ3) is 3.49. The Kier molecular flexibility index (Phi) is 4.34. The minimum absolute atomic E-state index is 0.266. The summed E-state index contributed by atoms with van der Waals surface area (Å²) in [6, 6.07) is 5.29. The first kappa shape index (κ1) is 14.6. The van der Waals surface area contributed by atoms with Crippen molar-refractivity contribution < 1.29 is 4.79 Å². The van der Waals surface area contributed by atoms with Gasteiger partial charge < -0.3 is 5.32 Å². The second kappa shape index (κ2) is 6.23. The van der Waals surface area contributed by atoms with E-state index in [1.165, 1.54) is 17.5 Å². The molecule has 0 radical (unpaired) electrons. The van der Waals surface area contributed by atoms with E-state index in [0.29, 0.717) is 16.5 Å². The zero-order valence-corrected chi connectivity index (χ0v) is 14.3. The van der Waals surface area contributed by atoms with Gasteiger partial charge in [0.05, 0.1) is 16.8 Å². The number of thiazole rings is 1. The van der Waals surface area contributed by atoms with Gasteiger partial charge in [-0.25, -0.2) is 9.97 Å². The number of nitrogens with one attached hydrogen (secondary N) is 1. The van der Waals surface area contributed by atoms with Gasteiger partial charge in [0.15, 0.2) is 0 Å². The van der Waals surface area contributed by atoms with Gasteiger partial charge in [-0.05, 0) is 34.1 Å². The molecule has 0 aliphatic heterocycles. The molecule has 0 aromatic carbocycles. The predicted molar refractivity (Wildman–Crippen MR) is 90.3 cm³/mol. The standard InChI is InChI=1S/C13H7BrClN3OS2/c14-7-3-10(20-5-7)13-18-9(6-21-13)12(19)17-8-1-2-11(15)16-4-8/h1-6H,(H,17,19). The fraction of sp³-hybridized carbons (Fsp3) is 0. The van der Waals surface area contributed by atoms with E-state index in [0.717, 1.165) is 14.4 Å². The van der Waals surface area contributed by atoms with E-state index in [1.807, 2.05) is 11.4 Å². The molecule has 0 unspecified atom stereocenters. The van der Waals surface area contributed by atoms with Gasteiger partial charge in [0, 0.05) is 15.2 Å². The van der Waals surface area contributed by atoms with E-state index >= 15 is 0 Å². The highest BCUT2D eigenvalue weighted by atomic mass is 79.9. The first-order valence-corrected chi connectivity index (χ1v) is 8.68.